The lowest BCUT2D eigenvalue weighted by molar-refractivity contribution is 0.0815. The summed E-state index contributed by atoms with van der Waals surface area (Å²) >= 11 is 0. The summed E-state index contributed by atoms with van der Waals surface area (Å²) in [5.74, 6) is 1.49. The Morgan fingerprint density at radius 3 is 2.24 bits per heavy atom. The van der Waals surface area contributed by atoms with Crippen LogP contribution in [0.1, 0.15) is 25.0 Å². The first kappa shape index (κ1) is 13.8. The molecule has 0 spiro atoms. The van der Waals surface area contributed by atoms with Crippen molar-refractivity contribution in [2.45, 2.75) is 27.7 Å². The van der Waals surface area contributed by atoms with Gasteiger partial charge in [-0.3, -0.25) is 0 Å². The van der Waals surface area contributed by atoms with E-state index >= 15 is 0 Å². The van der Waals surface area contributed by atoms with Crippen LogP contribution in [-0.4, -0.2) is 19.8 Å². The summed E-state index contributed by atoms with van der Waals surface area (Å²) < 4.78 is 11.2. The number of aryl methyl sites for hydroxylation is 2. The molecule has 1 aromatic carbocycles. The first-order valence-electron chi connectivity index (χ1n) is 6.08. The predicted octanol–water partition coefficient (Wildman–Crippen LogP) is 2.94. The maximum atomic E-state index is 5.76. The van der Waals surface area contributed by atoms with Gasteiger partial charge in [0.05, 0.1) is 6.61 Å². The Bertz CT molecular complexity index is 338. The van der Waals surface area contributed by atoms with Crippen LogP contribution in [0.3, 0.4) is 0 Å². The topological polar surface area (TPSA) is 44.5 Å². The zero-order chi connectivity index (χ0) is 12.8. The number of ether oxygens (including phenoxy) is 2. The lowest BCUT2D eigenvalue weighted by Crippen LogP contribution is -2.11. The number of hydrogen-bond acceptors (Lipinski definition) is 3. The fraction of sp³-hybridized carbons (Fsp3) is 0.571. The number of rotatable bonds is 6. The summed E-state index contributed by atoms with van der Waals surface area (Å²) in [6.45, 7) is 10.3. The van der Waals surface area contributed by atoms with Crippen LogP contribution in [0.2, 0.25) is 0 Å². The SMILES string of the molecule is Cc1cc(N)cc(C)c1OCCOCC(C)C. The van der Waals surface area contributed by atoms with Gasteiger partial charge in [-0.1, -0.05) is 13.8 Å². The van der Waals surface area contributed by atoms with Crippen LogP contribution in [0.15, 0.2) is 12.1 Å². The Kier molecular flexibility index (Phi) is 5.29. The minimum atomic E-state index is 0.565. The van der Waals surface area contributed by atoms with Gasteiger partial charge < -0.3 is 15.2 Å². The molecular weight excluding hydrogens is 214 g/mol. The lowest BCUT2D eigenvalue weighted by atomic mass is 10.1. The van der Waals surface area contributed by atoms with Crippen molar-refractivity contribution in [3.63, 3.8) is 0 Å². The average Bonchev–Trinajstić information content (AvgIpc) is 2.20. The smallest absolute Gasteiger partial charge is 0.125 e. The van der Waals surface area contributed by atoms with Crippen LogP contribution in [0.5, 0.6) is 5.75 Å². The number of nitrogen functional groups attached to an aromatic ring is 1. The molecule has 0 heterocycles. The van der Waals surface area contributed by atoms with Crippen molar-refractivity contribution in [1.29, 1.82) is 0 Å². The van der Waals surface area contributed by atoms with Crippen LogP contribution in [-0.2, 0) is 4.74 Å². The van der Waals surface area contributed by atoms with E-state index in [1.165, 1.54) is 0 Å². The standard InChI is InChI=1S/C14H23NO2/c1-10(2)9-16-5-6-17-14-11(3)7-13(15)8-12(14)4/h7-8,10H,5-6,9,15H2,1-4H3. The Morgan fingerprint density at radius 1 is 1.12 bits per heavy atom. The number of benzene rings is 1. The third kappa shape index (κ3) is 4.65. The van der Waals surface area contributed by atoms with Gasteiger partial charge in [0.2, 0.25) is 0 Å². The molecule has 0 saturated carbocycles. The summed E-state index contributed by atoms with van der Waals surface area (Å²) in [6.07, 6.45) is 0. The van der Waals surface area contributed by atoms with Crippen molar-refractivity contribution < 1.29 is 9.47 Å². The van der Waals surface area contributed by atoms with Crippen LogP contribution in [0.25, 0.3) is 0 Å². The van der Waals surface area contributed by atoms with Crippen molar-refractivity contribution in [3.05, 3.63) is 23.3 Å². The summed E-state index contributed by atoms with van der Waals surface area (Å²) in [6, 6.07) is 3.86. The molecule has 1 aromatic rings. The van der Waals surface area contributed by atoms with E-state index in [0.29, 0.717) is 19.1 Å². The van der Waals surface area contributed by atoms with Crippen LogP contribution < -0.4 is 10.5 Å². The molecule has 96 valence electrons. The van der Waals surface area contributed by atoms with Crippen molar-refractivity contribution in [1.82, 2.24) is 0 Å². The van der Waals surface area contributed by atoms with Gasteiger partial charge in [-0.2, -0.15) is 0 Å². The highest BCUT2D eigenvalue weighted by atomic mass is 16.5. The highest BCUT2D eigenvalue weighted by Crippen LogP contribution is 2.25. The third-order valence-corrected chi connectivity index (χ3v) is 2.41. The Labute approximate surface area is 104 Å². The van der Waals surface area contributed by atoms with Crippen molar-refractivity contribution >= 4 is 5.69 Å². The molecule has 1 rings (SSSR count). The first-order valence-corrected chi connectivity index (χ1v) is 6.08. The Morgan fingerprint density at radius 2 is 1.71 bits per heavy atom. The average molecular weight is 237 g/mol. The van der Waals surface area contributed by atoms with E-state index in [1.807, 2.05) is 26.0 Å². The van der Waals surface area contributed by atoms with Crippen LogP contribution in [0.4, 0.5) is 5.69 Å². The number of nitrogens with two attached hydrogens (primary N) is 1. The van der Waals surface area contributed by atoms with E-state index in [4.69, 9.17) is 15.2 Å². The van der Waals surface area contributed by atoms with Gasteiger partial charge in [0.1, 0.15) is 12.4 Å². The molecule has 3 nitrogen and oxygen atoms in total. The Balaban J connectivity index is 2.42. The molecule has 0 aliphatic rings. The second-order valence-corrected chi connectivity index (χ2v) is 4.80. The van der Waals surface area contributed by atoms with Gasteiger partial charge in [-0.05, 0) is 43.0 Å². The van der Waals surface area contributed by atoms with Crippen LogP contribution in [0, 0.1) is 19.8 Å². The molecule has 0 aromatic heterocycles. The molecule has 0 unspecified atom stereocenters. The second kappa shape index (κ2) is 6.50. The molecule has 0 bridgehead atoms. The molecule has 0 aliphatic carbocycles. The summed E-state index contributed by atoms with van der Waals surface area (Å²) in [5, 5.41) is 0. The second-order valence-electron chi connectivity index (χ2n) is 4.80. The highest BCUT2D eigenvalue weighted by Gasteiger charge is 2.05. The maximum absolute atomic E-state index is 5.76. The zero-order valence-corrected chi connectivity index (χ0v) is 11.2. The quantitative estimate of drug-likeness (QED) is 0.611. The summed E-state index contributed by atoms with van der Waals surface area (Å²) in [4.78, 5) is 0. The summed E-state index contributed by atoms with van der Waals surface area (Å²) in [5.41, 5.74) is 8.69. The molecule has 17 heavy (non-hydrogen) atoms. The lowest BCUT2D eigenvalue weighted by Gasteiger charge is -2.13. The van der Waals surface area contributed by atoms with Crippen molar-refractivity contribution in [2.24, 2.45) is 5.92 Å². The van der Waals surface area contributed by atoms with E-state index in [-0.39, 0.29) is 0 Å². The van der Waals surface area contributed by atoms with E-state index in [0.717, 1.165) is 29.2 Å². The molecule has 0 radical (unpaired) electrons. The molecule has 0 fully saturated rings. The number of anilines is 1. The van der Waals surface area contributed by atoms with Gasteiger partial charge in [0.15, 0.2) is 0 Å². The maximum Gasteiger partial charge on any atom is 0.125 e. The fourth-order valence-corrected chi connectivity index (χ4v) is 1.73. The van der Waals surface area contributed by atoms with Gasteiger partial charge in [-0.25, -0.2) is 0 Å². The molecule has 0 atom stereocenters. The first-order chi connectivity index (χ1) is 8.00. The van der Waals surface area contributed by atoms with E-state index in [9.17, 15) is 0 Å². The van der Waals surface area contributed by atoms with E-state index in [1.54, 1.807) is 0 Å². The predicted molar refractivity (Wildman–Crippen MR) is 71.5 cm³/mol. The normalized spacial score (nSPS) is 10.9. The molecule has 0 saturated heterocycles. The summed E-state index contributed by atoms with van der Waals surface area (Å²) in [7, 11) is 0. The van der Waals surface area contributed by atoms with E-state index < -0.39 is 0 Å². The van der Waals surface area contributed by atoms with E-state index in [2.05, 4.69) is 13.8 Å². The molecule has 3 heteroatoms. The minimum Gasteiger partial charge on any atom is -0.491 e. The molecule has 2 N–H and O–H groups in total. The highest BCUT2D eigenvalue weighted by molar-refractivity contribution is 5.52. The third-order valence-electron chi connectivity index (χ3n) is 2.41. The Hall–Kier alpha value is -1.22. The zero-order valence-electron chi connectivity index (χ0n) is 11.2. The fourth-order valence-electron chi connectivity index (χ4n) is 1.73. The van der Waals surface area contributed by atoms with Gasteiger partial charge in [0.25, 0.3) is 0 Å². The van der Waals surface area contributed by atoms with Crippen molar-refractivity contribution in [2.75, 3.05) is 25.6 Å². The molecule has 0 amide bonds. The monoisotopic (exact) mass is 237 g/mol. The minimum absolute atomic E-state index is 0.565. The molecular formula is C14H23NO2. The number of hydrogen-bond donors (Lipinski definition) is 1. The molecule has 0 aliphatic heterocycles. The largest absolute Gasteiger partial charge is 0.491 e. The van der Waals surface area contributed by atoms with Crippen molar-refractivity contribution in [3.8, 4) is 5.75 Å². The van der Waals surface area contributed by atoms with Gasteiger partial charge >= 0.3 is 0 Å². The van der Waals surface area contributed by atoms with Gasteiger partial charge in [-0.15, -0.1) is 0 Å². The van der Waals surface area contributed by atoms with Crippen LogP contribution >= 0.6 is 0 Å². The van der Waals surface area contributed by atoms with Gasteiger partial charge in [0, 0.05) is 12.3 Å².